The Hall–Kier alpha value is -3.19. The second kappa shape index (κ2) is 10.1. The van der Waals surface area contributed by atoms with Gasteiger partial charge in [-0.05, 0) is 43.2 Å². The van der Waals surface area contributed by atoms with Crippen LogP contribution in [0.15, 0.2) is 24.8 Å². The molecule has 5 rings (SSSR count). The van der Waals surface area contributed by atoms with Crippen LogP contribution in [0.3, 0.4) is 0 Å². The summed E-state index contributed by atoms with van der Waals surface area (Å²) in [7, 11) is -3.05. The van der Waals surface area contributed by atoms with Gasteiger partial charge in [-0.1, -0.05) is 13.8 Å². The van der Waals surface area contributed by atoms with E-state index in [1.54, 1.807) is 11.1 Å². The van der Waals surface area contributed by atoms with E-state index in [1.165, 1.54) is 19.5 Å². The molecule has 0 radical (unpaired) electrons. The number of fused-ring (bicyclic) bond motifs is 1. The third-order valence-electron chi connectivity index (χ3n) is 7.75. The van der Waals surface area contributed by atoms with E-state index in [2.05, 4.69) is 44.0 Å². The van der Waals surface area contributed by atoms with E-state index in [4.69, 9.17) is 4.98 Å². The van der Waals surface area contributed by atoms with Crippen molar-refractivity contribution in [1.82, 2.24) is 24.9 Å². The molecule has 4 atom stereocenters. The van der Waals surface area contributed by atoms with Gasteiger partial charge in [0, 0.05) is 49.1 Å². The Morgan fingerprint density at radius 1 is 1.21 bits per heavy atom. The van der Waals surface area contributed by atoms with Crippen LogP contribution in [0.5, 0.6) is 0 Å². The Morgan fingerprint density at radius 2 is 1.97 bits per heavy atom. The third kappa shape index (κ3) is 5.60. The molecule has 0 saturated carbocycles. The molecule has 2 N–H and O–H groups in total. The van der Waals surface area contributed by atoms with Crippen LogP contribution in [0, 0.1) is 5.92 Å². The number of hydrogen-bond acceptors (Lipinski definition) is 11. The van der Waals surface area contributed by atoms with Crippen LogP contribution in [0.4, 0.5) is 27.9 Å². The summed E-state index contributed by atoms with van der Waals surface area (Å²) in [6.07, 6.45) is 5.55. The van der Waals surface area contributed by atoms with Gasteiger partial charge >= 0.3 is 0 Å². The largest absolute Gasteiger partial charge is 0.390 e. The Balaban J connectivity index is 1.41. The van der Waals surface area contributed by atoms with Gasteiger partial charge in [0.05, 0.1) is 18.4 Å². The minimum Gasteiger partial charge on any atom is -0.390 e. The molecule has 3 aromatic rings. The van der Waals surface area contributed by atoms with Gasteiger partial charge in [0.1, 0.15) is 27.8 Å². The molecule has 39 heavy (non-hydrogen) atoms. The van der Waals surface area contributed by atoms with E-state index in [1.807, 2.05) is 19.2 Å². The van der Waals surface area contributed by atoms with Crippen molar-refractivity contribution < 1.29 is 17.9 Å². The summed E-state index contributed by atoms with van der Waals surface area (Å²) in [6.45, 7) is 8.65. The number of anilines is 4. The summed E-state index contributed by atoms with van der Waals surface area (Å²) in [5, 5.41) is 15.0. The molecule has 0 aromatic carbocycles. The summed E-state index contributed by atoms with van der Waals surface area (Å²) >= 11 is 0. The molecule has 2 aliphatic rings. The molecular weight excluding hydrogens is 523 g/mol. The highest BCUT2D eigenvalue weighted by Gasteiger charge is 2.40. The molecule has 13 heteroatoms. The molecule has 0 amide bonds. The van der Waals surface area contributed by atoms with E-state index >= 15 is 0 Å². The lowest BCUT2D eigenvalue weighted by molar-refractivity contribution is -0.00860. The summed E-state index contributed by atoms with van der Waals surface area (Å²) < 4.78 is 38.3. The minimum absolute atomic E-state index is 0.0145. The molecule has 0 unspecified atom stereocenters. The lowest BCUT2D eigenvalue weighted by Crippen LogP contribution is -2.57. The first-order valence-corrected chi connectivity index (χ1v) is 15.2. The van der Waals surface area contributed by atoms with Gasteiger partial charge < -0.3 is 20.2 Å². The maximum atomic E-state index is 14.7. The molecule has 11 nitrogen and oxygen atoms in total. The number of sulfone groups is 1. The Kier molecular flexibility index (Phi) is 7.08. The van der Waals surface area contributed by atoms with E-state index in [0.29, 0.717) is 24.9 Å². The number of halogens is 1. The van der Waals surface area contributed by atoms with Gasteiger partial charge in [0.15, 0.2) is 5.67 Å². The molecule has 2 saturated heterocycles. The van der Waals surface area contributed by atoms with E-state index < -0.39 is 21.6 Å². The fourth-order valence-electron chi connectivity index (χ4n) is 5.37. The molecule has 3 aromatic heterocycles. The number of pyridine rings is 2. The first-order valence-electron chi connectivity index (χ1n) is 13.1. The van der Waals surface area contributed by atoms with Gasteiger partial charge in [-0.2, -0.15) is 4.98 Å². The molecular formula is C26H35FN8O3S. The number of alkyl halides is 1. The number of aliphatic hydroxyl groups is 1. The quantitative estimate of drug-likeness (QED) is 0.443. The maximum Gasteiger partial charge on any atom is 0.233 e. The summed E-state index contributed by atoms with van der Waals surface area (Å²) in [5.74, 6) is 2.36. The normalized spacial score (nSPS) is 25.7. The van der Waals surface area contributed by atoms with E-state index in [9.17, 15) is 17.9 Å². The number of aliphatic hydroxyl groups excluding tert-OH is 1. The van der Waals surface area contributed by atoms with Crippen molar-refractivity contribution in [2.75, 3.05) is 46.8 Å². The van der Waals surface area contributed by atoms with Gasteiger partial charge in [-0.25, -0.2) is 32.7 Å². The SMILES string of the molecule is CC(C)c1cnc(N2C[C@H](CS(C)(=O)=O)[C@H]2C)c2cnc(Nc3ncnc(N4CC[C@@H](O)[C@](C)(F)C4)n3)cc12. The highest BCUT2D eigenvalue weighted by molar-refractivity contribution is 7.90. The smallest absolute Gasteiger partial charge is 0.233 e. The summed E-state index contributed by atoms with van der Waals surface area (Å²) in [6, 6.07) is 1.98. The first kappa shape index (κ1) is 27.4. The van der Waals surface area contributed by atoms with Gasteiger partial charge in [0.2, 0.25) is 11.9 Å². The van der Waals surface area contributed by atoms with E-state index in [0.717, 1.165) is 22.2 Å². The Labute approximate surface area is 227 Å². The van der Waals surface area contributed by atoms with E-state index in [-0.39, 0.29) is 42.5 Å². The molecule has 0 spiro atoms. The number of nitrogens with one attached hydrogen (secondary N) is 1. The van der Waals surface area contributed by atoms with Crippen LogP contribution in [0.25, 0.3) is 10.8 Å². The topological polar surface area (TPSA) is 137 Å². The molecule has 0 aliphatic carbocycles. The van der Waals surface area contributed by atoms with Crippen molar-refractivity contribution in [3.8, 4) is 0 Å². The van der Waals surface area contributed by atoms with Crippen LogP contribution >= 0.6 is 0 Å². The number of piperidine rings is 1. The van der Waals surface area contributed by atoms with Crippen molar-refractivity contribution >= 4 is 44.1 Å². The van der Waals surface area contributed by atoms with Crippen molar-refractivity contribution in [2.45, 2.75) is 57.8 Å². The lowest BCUT2D eigenvalue weighted by atomic mass is 9.90. The predicted molar refractivity (Wildman–Crippen MR) is 149 cm³/mol. The summed E-state index contributed by atoms with van der Waals surface area (Å²) in [4.78, 5) is 26.1. The van der Waals surface area contributed by atoms with Crippen LogP contribution < -0.4 is 15.1 Å². The molecule has 2 fully saturated rings. The van der Waals surface area contributed by atoms with Gasteiger partial charge in [-0.3, -0.25) is 0 Å². The highest BCUT2D eigenvalue weighted by atomic mass is 32.2. The maximum absolute atomic E-state index is 14.7. The van der Waals surface area contributed by atoms with Crippen LogP contribution in [0.2, 0.25) is 0 Å². The van der Waals surface area contributed by atoms with Gasteiger partial charge in [0.25, 0.3) is 0 Å². The van der Waals surface area contributed by atoms with Crippen molar-refractivity contribution in [3.63, 3.8) is 0 Å². The van der Waals surface area contributed by atoms with Crippen LogP contribution in [0.1, 0.15) is 45.6 Å². The second-order valence-electron chi connectivity index (χ2n) is 11.3. The average molecular weight is 559 g/mol. The first-order chi connectivity index (χ1) is 18.3. The zero-order chi connectivity index (χ0) is 28.1. The minimum atomic E-state index is -3.05. The standard InChI is InChI=1S/C26H35FN8O3S/c1-15(2)19-9-29-23(35-11-17(16(35)3)12-39(5,37)38)20-10-28-22(8-18(19)20)32-24-30-14-31-25(33-24)34-7-6-21(36)26(4,27)13-34/h8-10,14-17,21,36H,6-7,11-13H2,1-5H3,(H,28,30,31,32,33)/t16-,17-,21-,26-/m1/s1. The fourth-order valence-corrected chi connectivity index (χ4v) is 6.53. The number of hydrogen-bond donors (Lipinski definition) is 2. The number of nitrogens with zero attached hydrogens (tertiary/aromatic N) is 7. The van der Waals surface area contributed by atoms with Crippen molar-refractivity contribution in [2.24, 2.45) is 5.92 Å². The third-order valence-corrected chi connectivity index (χ3v) is 8.78. The second-order valence-corrected chi connectivity index (χ2v) is 13.5. The summed E-state index contributed by atoms with van der Waals surface area (Å²) in [5.41, 5.74) is -0.693. The van der Waals surface area contributed by atoms with Crippen LogP contribution in [-0.2, 0) is 9.84 Å². The average Bonchev–Trinajstić information content (AvgIpc) is 2.86. The molecule has 5 heterocycles. The molecule has 2 aliphatic heterocycles. The zero-order valence-electron chi connectivity index (χ0n) is 22.8. The van der Waals surface area contributed by atoms with Crippen LogP contribution in [-0.4, -0.2) is 87.9 Å². The van der Waals surface area contributed by atoms with Crippen molar-refractivity contribution in [3.05, 3.63) is 30.4 Å². The predicted octanol–water partition coefficient (Wildman–Crippen LogP) is 2.85. The lowest BCUT2D eigenvalue weighted by Gasteiger charge is -2.47. The molecule has 210 valence electrons. The van der Waals surface area contributed by atoms with Gasteiger partial charge in [-0.15, -0.1) is 0 Å². The highest BCUT2D eigenvalue weighted by Crippen LogP contribution is 2.38. The fraction of sp³-hybridized carbons (Fsp3) is 0.577. The molecule has 0 bridgehead atoms. The monoisotopic (exact) mass is 558 g/mol. The van der Waals surface area contributed by atoms with Crippen molar-refractivity contribution in [1.29, 1.82) is 0 Å². The Bertz CT molecular complexity index is 1490. The number of rotatable bonds is 7. The number of aromatic nitrogens is 5. The Morgan fingerprint density at radius 3 is 2.64 bits per heavy atom. The zero-order valence-corrected chi connectivity index (χ0v) is 23.7.